The van der Waals surface area contributed by atoms with Crippen LogP contribution in [0.2, 0.25) is 5.02 Å². The predicted molar refractivity (Wildman–Crippen MR) is 95.3 cm³/mol. The van der Waals surface area contributed by atoms with E-state index in [1.54, 1.807) is 6.20 Å². The van der Waals surface area contributed by atoms with Crippen molar-refractivity contribution in [2.75, 3.05) is 37.6 Å². The van der Waals surface area contributed by atoms with E-state index in [0.717, 1.165) is 48.1 Å². The van der Waals surface area contributed by atoms with Gasteiger partial charge in [-0.1, -0.05) is 17.7 Å². The van der Waals surface area contributed by atoms with E-state index in [0.29, 0.717) is 13.1 Å². The first-order valence-corrected chi connectivity index (χ1v) is 8.49. The molecule has 24 heavy (non-hydrogen) atoms. The van der Waals surface area contributed by atoms with Gasteiger partial charge >= 0.3 is 0 Å². The summed E-state index contributed by atoms with van der Waals surface area (Å²) in [6, 6.07) is 7.85. The van der Waals surface area contributed by atoms with E-state index >= 15 is 0 Å². The average Bonchev–Trinajstić information content (AvgIpc) is 3.00. The minimum atomic E-state index is 0.141. The van der Waals surface area contributed by atoms with E-state index in [9.17, 15) is 4.79 Å². The number of hydrogen-bond donors (Lipinski definition) is 2. The highest BCUT2D eigenvalue weighted by Gasteiger charge is 2.21. The zero-order chi connectivity index (χ0) is 16.9. The molecule has 1 aliphatic heterocycles. The lowest BCUT2D eigenvalue weighted by atomic mass is 10.2. The molecule has 128 valence electrons. The summed E-state index contributed by atoms with van der Waals surface area (Å²) in [5.74, 6) is 0.141. The van der Waals surface area contributed by atoms with Gasteiger partial charge < -0.3 is 15.1 Å². The monoisotopic (exact) mass is 347 g/mol. The lowest BCUT2D eigenvalue weighted by molar-refractivity contribution is -0.130. The number of aryl methyl sites for hydroxylation is 1. The number of hydrogen-bond acceptors (Lipinski definition) is 4. The topological polar surface area (TPSA) is 64.3 Å². The fourth-order valence-corrected chi connectivity index (χ4v) is 3.04. The van der Waals surface area contributed by atoms with Gasteiger partial charge in [-0.15, -0.1) is 0 Å². The number of nitrogens with zero attached hydrogens (tertiary/aromatic N) is 3. The van der Waals surface area contributed by atoms with Crippen LogP contribution < -0.4 is 10.2 Å². The summed E-state index contributed by atoms with van der Waals surface area (Å²) in [5.41, 5.74) is 3.24. The Morgan fingerprint density at radius 2 is 2.12 bits per heavy atom. The Morgan fingerprint density at radius 3 is 2.79 bits per heavy atom. The molecule has 6 nitrogen and oxygen atoms in total. The summed E-state index contributed by atoms with van der Waals surface area (Å²) in [7, 11) is 0. The van der Waals surface area contributed by atoms with E-state index in [1.165, 1.54) is 0 Å². The van der Waals surface area contributed by atoms with E-state index in [2.05, 4.69) is 26.5 Å². The van der Waals surface area contributed by atoms with Crippen molar-refractivity contribution < 1.29 is 4.79 Å². The largest absolute Gasteiger partial charge is 0.368 e. The van der Waals surface area contributed by atoms with Crippen molar-refractivity contribution in [1.29, 1.82) is 0 Å². The maximum absolute atomic E-state index is 12.3. The van der Waals surface area contributed by atoms with E-state index in [-0.39, 0.29) is 5.91 Å². The van der Waals surface area contributed by atoms with Crippen molar-refractivity contribution in [2.45, 2.75) is 13.5 Å². The number of benzene rings is 1. The fraction of sp³-hybridized carbons (Fsp3) is 0.412. The summed E-state index contributed by atoms with van der Waals surface area (Å²) in [6.07, 6.45) is 1.79. The lowest BCUT2D eigenvalue weighted by Crippen LogP contribution is -2.50. The van der Waals surface area contributed by atoms with Crippen molar-refractivity contribution in [3.05, 3.63) is 46.7 Å². The standard InChI is InChI=1S/C17H22ClN5O/c1-13-14(11-20-21-13)10-19-12-17(24)23-7-5-22(6-8-23)16-4-2-3-15(18)9-16/h2-4,9,11,19H,5-8,10,12H2,1H3,(H,20,21). The first kappa shape index (κ1) is 16.8. The van der Waals surface area contributed by atoms with Crippen LogP contribution in [-0.2, 0) is 11.3 Å². The molecule has 3 rings (SSSR count). The van der Waals surface area contributed by atoms with Gasteiger partial charge in [-0.25, -0.2) is 0 Å². The third-order valence-corrected chi connectivity index (χ3v) is 4.57. The number of aromatic amines is 1. The van der Waals surface area contributed by atoms with Crippen LogP contribution in [0.4, 0.5) is 5.69 Å². The molecule has 1 amide bonds. The summed E-state index contributed by atoms with van der Waals surface area (Å²) in [5, 5.41) is 10.8. The molecule has 0 aliphatic carbocycles. The Bertz CT molecular complexity index is 694. The number of carbonyl (C=O) groups is 1. The van der Waals surface area contributed by atoms with Gasteiger partial charge in [-0.2, -0.15) is 5.10 Å². The highest BCUT2D eigenvalue weighted by Crippen LogP contribution is 2.20. The molecule has 0 bridgehead atoms. The van der Waals surface area contributed by atoms with Crippen LogP contribution in [0.5, 0.6) is 0 Å². The first-order valence-electron chi connectivity index (χ1n) is 8.11. The van der Waals surface area contributed by atoms with Gasteiger partial charge in [-0.3, -0.25) is 9.89 Å². The number of aromatic nitrogens is 2. The van der Waals surface area contributed by atoms with Crippen LogP contribution in [-0.4, -0.2) is 53.7 Å². The zero-order valence-electron chi connectivity index (χ0n) is 13.8. The number of carbonyl (C=O) groups excluding carboxylic acids is 1. The smallest absolute Gasteiger partial charge is 0.236 e. The molecular weight excluding hydrogens is 326 g/mol. The van der Waals surface area contributed by atoms with E-state index in [1.807, 2.05) is 30.0 Å². The van der Waals surface area contributed by atoms with Gasteiger partial charge in [0, 0.05) is 54.7 Å². The second-order valence-corrected chi connectivity index (χ2v) is 6.41. The minimum absolute atomic E-state index is 0.141. The normalized spacial score (nSPS) is 14.9. The second-order valence-electron chi connectivity index (χ2n) is 5.97. The molecule has 2 aromatic rings. The summed E-state index contributed by atoms with van der Waals surface area (Å²) >= 11 is 6.05. The molecule has 1 aliphatic rings. The molecule has 7 heteroatoms. The Morgan fingerprint density at radius 1 is 1.33 bits per heavy atom. The van der Waals surface area contributed by atoms with Gasteiger partial charge in [-0.05, 0) is 25.1 Å². The van der Waals surface area contributed by atoms with Gasteiger partial charge in [0.1, 0.15) is 0 Å². The molecule has 0 radical (unpaired) electrons. The number of anilines is 1. The maximum atomic E-state index is 12.3. The third-order valence-electron chi connectivity index (χ3n) is 4.33. The Hall–Kier alpha value is -2.05. The number of halogens is 1. The Balaban J connectivity index is 1.44. The molecule has 0 saturated carbocycles. The van der Waals surface area contributed by atoms with Crippen LogP contribution in [0, 0.1) is 6.92 Å². The lowest BCUT2D eigenvalue weighted by Gasteiger charge is -2.36. The van der Waals surface area contributed by atoms with Crippen molar-refractivity contribution in [2.24, 2.45) is 0 Å². The predicted octanol–water partition coefficient (Wildman–Crippen LogP) is 1.81. The van der Waals surface area contributed by atoms with Crippen molar-refractivity contribution >= 4 is 23.2 Å². The molecule has 1 saturated heterocycles. The molecule has 0 spiro atoms. The molecule has 2 N–H and O–H groups in total. The van der Waals surface area contributed by atoms with Gasteiger partial charge in [0.2, 0.25) is 5.91 Å². The Kier molecular flexibility index (Phi) is 5.37. The van der Waals surface area contributed by atoms with Gasteiger partial charge in [0.25, 0.3) is 0 Å². The van der Waals surface area contributed by atoms with Crippen LogP contribution in [0.15, 0.2) is 30.5 Å². The second kappa shape index (κ2) is 7.68. The van der Waals surface area contributed by atoms with Crippen molar-refractivity contribution in [3.63, 3.8) is 0 Å². The maximum Gasteiger partial charge on any atom is 0.236 e. The molecule has 0 atom stereocenters. The van der Waals surface area contributed by atoms with Gasteiger partial charge in [0.15, 0.2) is 0 Å². The average molecular weight is 348 g/mol. The molecule has 2 heterocycles. The quantitative estimate of drug-likeness (QED) is 0.865. The highest BCUT2D eigenvalue weighted by molar-refractivity contribution is 6.30. The Labute approximate surface area is 146 Å². The van der Waals surface area contributed by atoms with Crippen LogP contribution >= 0.6 is 11.6 Å². The first-order chi connectivity index (χ1) is 11.6. The molecular formula is C17H22ClN5O. The molecule has 0 unspecified atom stereocenters. The number of nitrogens with one attached hydrogen (secondary N) is 2. The van der Waals surface area contributed by atoms with Crippen molar-refractivity contribution in [3.8, 4) is 0 Å². The minimum Gasteiger partial charge on any atom is -0.368 e. The number of piperazine rings is 1. The summed E-state index contributed by atoms with van der Waals surface area (Å²) in [6.45, 7) is 6.09. The van der Waals surface area contributed by atoms with Crippen LogP contribution in [0.25, 0.3) is 0 Å². The molecule has 1 aromatic carbocycles. The third kappa shape index (κ3) is 4.07. The number of rotatable bonds is 5. The van der Waals surface area contributed by atoms with Crippen molar-refractivity contribution in [1.82, 2.24) is 20.4 Å². The SMILES string of the molecule is Cc1[nH]ncc1CNCC(=O)N1CCN(c2cccc(Cl)c2)CC1. The highest BCUT2D eigenvalue weighted by atomic mass is 35.5. The summed E-state index contributed by atoms with van der Waals surface area (Å²) < 4.78 is 0. The van der Waals surface area contributed by atoms with Crippen LogP contribution in [0.1, 0.15) is 11.3 Å². The molecule has 1 aromatic heterocycles. The van der Waals surface area contributed by atoms with Gasteiger partial charge in [0.05, 0.1) is 12.7 Å². The number of amides is 1. The molecule has 1 fully saturated rings. The summed E-state index contributed by atoms with van der Waals surface area (Å²) in [4.78, 5) is 16.5. The van der Waals surface area contributed by atoms with E-state index in [4.69, 9.17) is 11.6 Å². The van der Waals surface area contributed by atoms with Crippen LogP contribution in [0.3, 0.4) is 0 Å². The van der Waals surface area contributed by atoms with E-state index < -0.39 is 0 Å². The zero-order valence-corrected chi connectivity index (χ0v) is 14.5. The fourth-order valence-electron chi connectivity index (χ4n) is 2.86. The number of H-pyrrole nitrogens is 1.